The molecule has 0 saturated carbocycles. The minimum atomic E-state index is -0.766. The monoisotopic (exact) mass is 254 g/mol. The Hall–Kier alpha value is -1.14. The Balaban J connectivity index is 1.86. The van der Waals surface area contributed by atoms with Crippen molar-refractivity contribution in [3.05, 3.63) is 0 Å². The van der Waals surface area contributed by atoms with Crippen LogP contribution in [0.1, 0.15) is 25.7 Å². The molecule has 102 valence electrons. The third-order valence-corrected chi connectivity index (χ3v) is 3.95. The van der Waals surface area contributed by atoms with Crippen LogP contribution < -0.4 is 16.4 Å². The van der Waals surface area contributed by atoms with E-state index >= 15 is 0 Å². The van der Waals surface area contributed by atoms with Crippen LogP contribution in [0.2, 0.25) is 0 Å². The molecule has 0 aromatic carbocycles. The summed E-state index contributed by atoms with van der Waals surface area (Å²) < 4.78 is 0. The van der Waals surface area contributed by atoms with Gasteiger partial charge >= 0.3 is 6.03 Å². The zero-order valence-corrected chi connectivity index (χ0v) is 10.7. The van der Waals surface area contributed by atoms with E-state index < -0.39 is 6.03 Å². The molecular formula is C12H22N4O2. The van der Waals surface area contributed by atoms with Crippen LogP contribution in [0.25, 0.3) is 0 Å². The molecule has 0 aromatic heterocycles. The second-order valence-electron chi connectivity index (χ2n) is 5.18. The number of urea groups is 1. The van der Waals surface area contributed by atoms with E-state index in [2.05, 4.69) is 15.5 Å². The summed E-state index contributed by atoms with van der Waals surface area (Å²) in [6.45, 7) is 3.38. The van der Waals surface area contributed by atoms with Crippen LogP contribution in [0, 0.1) is 5.92 Å². The number of carbonyl (C=O) groups is 2. The third kappa shape index (κ3) is 3.43. The summed E-state index contributed by atoms with van der Waals surface area (Å²) >= 11 is 0. The highest BCUT2D eigenvalue weighted by atomic mass is 16.2. The van der Waals surface area contributed by atoms with Gasteiger partial charge in [-0.2, -0.15) is 0 Å². The highest BCUT2D eigenvalue weighted by Crippen LogP contribution is 2.29. The number of hydrogen-bond acceptors (Lipinski definition) is 4. The number of hydrogen-bond donors (Lipinski definition) is 3. The predicted octanol–water partition coefficient (Wildman–Crippen LogP) is -0.355. The molecule has 2 aliphatic heterocycles. The summed E-state index contributed by atoms with van der Waals surface area (Å²) in [6, 6.07) is -0.275. The van der Waals surface area contributed by atoms with Crippen molar-refractivity contribution in [2.75, 3.05) is 26.2 Å². The molecule has 6 heteroatoms. The Kier molecular flexibility index (Phi) is 4.54. The maximum Gasteiger partial charge on any atom is 0.318 e. The first-order valence-electron chi connectivity index (χ1n) is 6.71. The Morgan fingerprint density at radius 1 is 1.28 bits per heavy atom. The summed E-state index contributed by atoms with van der Waals surface area (Å²) in [5.74, 6) is 0.387. The second kappa shape index (κ2) is 6.15. The van der Waals surface area contributed by atoms with Gasteiger partial charge in [0, 0.05) is 6.04 Å². The maximum absolute atomic E-state index is 11.6. The average molecular weight is 254 g/mol. The van der Waals surface area contributed by atoms with Crippen molar-refractivity contribution in [3.63, 3.8) is 0 Å². The van der Waals surface area contributed by atoms with Gasteiger partial charge in [-0.3, -0.25) is 15.0 Å². The minimum Gasteiger partial charge on any atom is -0.351 e. The highest BCUT2D eigenvalue weighted by molar-refractivity contribution is 5.94. The average Bonchev–Trinajstić information content (AvgIpc) is 2.77. The molecule has 0 bridgehead atoms. The molecule has 2 rings (SSSR count). The molecular weight excluding hydrogens is 232 g/mol. The van der Waals surface area contributed by atoms with Crippen LogP contribution in [0.5, 0.6) is 0 Å². The fraction of sp³-hybridized carbons (Fsp3) is 0.833. The normalized spacial score (nSPS) is 26.1. The lowest BCUT2D eigenvalue weighted by Gasteiger charge is -2.33. The summed E-state index contributed by atoms with van der Waals surface area (Å²) in [5, 5.41) is 5.50. The van der Waals surface area contributed by atoms with E-state index in [1.165, 1.54) is 12.8 Å². The predicted molar refractivity (Wildman–Crippen MR) is 67.9 cm³/mol. The van der Waals surface area contributed by atoms with E-state index in [1.807, 2.05) is 0 Å². The molecule has 6 nitrogen and oxygen atoms in total. The van der Waals surface area contributed by atoms with E-state index in [0.717, 1.165) is 32.5 Å². The van der Waals surface area contributed by atoms with Gasteiger partial charge in [-0.25, -0.2) is 4.79 Å². The number of nitrogens with one attached hydrogen (secondary N) is 2. The van der Waals surface area contributed by atoms with Gasteiger partial charge in [0.25, 0.3) is 0 Å². The molecule has 18 heavy (non-hydrogen) atoms. The summed E-state index contributed by atoms with van der Waals surface area (Å²) in [6.07, 6.45) is 4.66. The van der Waals surface area contributed by atoms with Crippen LogP contribution in [0.4, 0.5) is 4.79 Å². The van der Waals surface area contributed by atoms with Crippen molar-refractivity contribution < 1.29 is 9.59 Å². The number of imide groups is 1. The van der Waals surface area contributed by atoms with E-state index in [4.69, 9.17) is 5.73 Å². The molecule has 2 fully saturated rings. The minimum absolute atomic E-state index is 0.289. The fourth-order valence-electron chi connectivity index (χ4n) is 3.17. The van der Waals surface area contributed by atoms with E-state index in [0.29, 0.717) is 12.0 Å². The van der Waals surface area contributed by atoms with Crippen molar-refractivity contribution in [2.24, 2.45) is 11.7 Å². The molecule has 2 heterocycles. The molecule has 1 unspecified atom stereocenters. The Morgan fingerprint density at radius 2 is 2.00 bits per heavy atom. The first kappa shape index (κ1) is 13.3. The van der Waals surface area contributed by atoms with Gasteiger partial charge in [-0.15, -0.1) is 0 Å². The van der Waals surface area contributed by atoms with Crippen LogP contribution in [0.15, 0.2) is 0 Å². The van der Waals surface area contributed by atoms with Crippen molar-refractivity contribution in [1.29, 1.82) is 0 Å². The van der Waals surface area contributed by atoms with Crippen molar-refractivity contribution in [2.45, 2.75) is 31.7 Å². The fourth-order valence-corrected chi connectivity index (χ4v) is 3.17. The van der Waals surface area contributed by atoms with Gasteiger partial charge in [0.2, 0.25) is 5.91 Å². The molecule has 0 spiro atoms. The number of amides is 3. The molecule has 3 amide bonds. The molecule has 1 atom stereocenters. The van der Waals surface area contributed by atoms with Crippen LogP contribution in [-0.2, 0) is 4.79 Å². The molecule has 0 aromatic rings. The quantitative estimate of drug-likeness (QED) is 0.642. The third-order valence-electron chi connectivity index (χ3n) is 3.95. The Bertz CT molecular complexity index is 315. The molecule has 0 radical (unpaired) electrons. The van der Waals surface area contributed by atoms with Gasteiger partial charge in [0.05, 0.1) is 6.54 Å². The van der Waals surface area contributed by atoms with E-state index in [1.54, 1.807) is 0 Å². The molecule has 0 aliphatic carbocycles. The van der Waals surface area contributed by atoms with Gasteiger partial charge in [-0.05, 0) is 51.2 Å². The van der Waals surface area contributed by atoms with Gasteiger partial charge in [0.1, 0.15) is 0 Å². The van der Waals surface area contributed by atoms with Gasteiger partial charge in [-0.1, -0.05) is 0 Å². The van der Waals surface area contributed by atoms with Crippen molar-refractivity contribution >= 4 is 11.9 Å². The number of rotatable bonds is 3. The summed E-state index contributed by atoms with van der Waals surface area (Å²) in [5.41, 5.74) is 4.95. The van der Waals surface area contributed by atoms with Crippen LogP contribution >= 0.6 is 0 Å². The lowest BCUT2D eigenvalue weighted by molar-refractivity contribution is -0.121. The Morgan fingerprint density at radius 3 is 2.67 bits per heavy atom. The number of piperidine rings is 1. The smallest absolute Gasteiger partial charge is 0.318 e. The lowest BCUT2D eigenvalue weighted by atomic mass is 9.89. The van der Waals surface area contributed by atoms with Crippen molar-refractivity contribution in [3.8, 4) is 0 Å². The zero-order chi connectivity index (χ0) is 13.0. The number of nitrogens with zero attached hydrogens (tertiary/aromatic N) is 1. The summed E-state index contributed by atoms with van der Waals surface area (Å²) in [4.78, 5) is 24.4. The van der Waals surface area contributed by atoms with E-state index in [9.17, 15) is 9.59 Å². The second-order valence-corrected chi connectivity index (χ2v) is 5.18. The number of likely N-dealkylation sites (tertiary alicyclic amines) is 1. The highest BCUT2D eigenvalue weighted by Gasteiger charge is 2.33. The first-order chi connectivity index (χ1) is 8.66. The number of nitrogens with two attached hydrogens (primary N) is 1. The van der Waals surface area contributed by atoms with Crippen LogP contribution in [0.3, 0.4) is 0 Å². The molecule has 2 saturated heterocycles. The lowest BCUT2D eigenvalue weighted by Crippen LogP contribution is -2.47. The Labute approximate surface area is 107 Å². The molecule has 2 aliphatic rings. The number of carbonyl (C=O) groups excluding carboxylic acids is 2. The maximum atomic E-state index is 11.6. The first-order valence-corrected chi connectivity index (χ1v) is 6.71. The largest absolute Gasteiger partial charge is 0.351 e. The van der Waals surface area contributed by atoms with Gasteiger partial charge < -0.3 is 11.1 Å². The van der Waals surface area contributed by atoms with Gasteiger partial charge in [0.15, 0.2) is 0 Å². The topological polar surface area (TPSA) is 87.5 Å². The van der Waals surface area contributed by atoms with Crippen LogP contribution in [-0.4, -0.2) is 49.1 Å². The summed E-state index contributed by atoms with van der Waals surface area (Å²) in [7, 11) is 0. The zero-order valence-electron chi connectivity index (χ0n) is 10.7. The molecule has 4 N–H and O–H groups in total. The van der Waals surface area contributed by atoms with Crippen molar-refractivity contribution in [1.82, 2.24) is 15.5 Å². The standard InChI is InChI=1S/C12H22N4O2/c13-12(18)15-11(17)8-16-7-1-2-10(16)9-3-5-14-6-4-9/h9-10,14H,1-8H2,(H3,13,15,17,18). The van der Waals surface area contributed by atoms with E-state index in [-0.39, 0.29) is 12.5 Å². The SMILES string of the molecule is NC(=O)NC(=O)CN1CCCC1C1CCNCC1. The number of primary amides is 1.